The van der Waals surface area contributed by atoms with Gasteiger partial charge in [0.15, 0.2) is 11.8 Å². The molecule has 1 saturated heterocycles. The summed E-state index contributed by atoms with van der Waals surface area (Å²) in [6, 6.07) is 8.41. The van der Waals surface area contributed by atoms with Crippen LogP contribution in [0.1, 0.15) is 23.6 Å². The van der Waals surface area contributed by atoms with Crippen LogP contribution in [0.15, 0.2) is 29.3 Å². The van der Waals surface area contributed by atoms with E-state index >= 15 is 0 Å². The monoisotopic (exact) mass is 500 g/mol. The van der Waals surface area contributed by atoms with Gasteiger partial charge in [0.2, 0.25) is 0 Å². The summed E-state index contributed by atoms with van der Waals surface area (Å²) in [6.45, 7) is 4.69. The lowest BCUT2D eigenvalue weighted by Gasteiger charge is -2.16. The molecule has 0 aliphatic carbocycles. The summed E-state index contributed by atoms with van der Waals surface area (Å²) >= 11 is 0. The number of methoxy groups -OCH3 is 1. The van der Waals surface area contributed by atoms with Gasteiger partial charge in [-0.15, -0.1) is 34.2 Å². The van der Waals surface area contributed by atoms with E-state index in [4.69, 9.17) is 9.47 Å². The van der Waals surface area contributed by atoms with E-state index in [2.05, 4.69) is 38.0 Å². The third-order valence-electron chi connectivity index (χ3n) is 4.70. The Hall–Kier alpha value is -1.88. The summed E-state index contributed by atoms with van der Waals surface area (Å²) in [6.07, 6.45) is 1.89. The Balaban J connectivity index is 0.00000280. The second-order valence-electron chi connectivity index (χ2n) is 6.62. The molecular weight excluding hydrogens is 471 g/mol. The van der Waals surface area contributed by atoms with E-state index in [1.54, 1.807) is 7.11 Å². The molecule has 2 aromatic rings. The summed E-state index contributed by atoms with van der Waals surface area (Å²) in [5.74, 6) is 3.37. The highest BCUT2D eigenvalue weighted by molar-refractivity contribution is 14.0. The third kappa shape index (κ3) is 6.33. The van der Waals surface area contributed by atoms with E-state index in [9.17, 15) is 0 Å². The Kier molecular flexibility index (Phi) is 8.97. The van der Waals surface area contributed by atoms with Crippen molar-refractivity contribution in [3.8, 4) is 5.75 Å². The lowest BCUT2D eigenvalue weighted by molar-refractivity contribution is 0.192. The van der Waals surface area contributed by atoms with Gasteiger partial charge in [-0.05, 0) is 37.5 Å². The minimum atomic E-state index is 0. The summed E-state index contributed by atoms with van der Waals surface area (Å²) in [5.41, 5.74) is 1.25. The Morgan fingerprint density at radius 3 is 2.71 bits per heavy atom. The van der Waals surface area contributed by atoms with Gasteiger partial charge in [-0.3, -0.25) is 0 Å². The van der Waals surface area contributed by atoms with Crippen molar-refractivity contribution >= 4 is 29.9 Å². The molecule has 0 radical (unpaired) electrons. The standard InChI is InChI=1S/C19H28N6O2.HI/c1-14-23-24-18(25(14)2)12-21-19(22-16-9-11-27-13-16)20-10-8-15-4-6-17(26-3)7-5-15;/h4-7,16H,8-13H2,1-3H3,(H2,20,21,22);1H. The van der Waals surface area contributed by atoms with Crippen molar-refractivity contribution in [2.75, 3.05) is 26.9 Å². The van der Waals surface area contributed by atoms with E-state index in [0.29, 0.717) is 19.2 Å². The lowest BCUT2D eigenvalue weighted by Crippen LogP contribution is -2.44. The smallest absolute Gasteiger partial charge is 0.192 e. The molecule has 154 valence electrons. The highest BCUT2D eigenvalue weighted by Crippen LogP contribution is 2.11. The predicted octanol–water partition coefficient (Wildman–Crippen LogP) is 1.82. The summed E-state index contributed by atoms with van der Waals surface area (Å²) in [5, 5.41) is 15.1. The molecule has 1 aliphatic rings. The van der Waals surface area contributed by atoms with Gasteiger partial charge in [0, 0.05) is 20.2 Å². The fourth-order valence-corrected chi connectivity index (χ4v) is 2.85. The molecule has 2 N–H and O–H groups in total. The molecule has 1 unspecified atom stereocenters. The zero-order chi connectivity index (χ0) is 19.1. The number of nitrogens with one attached hydrogen (secondary N) is 2. The number of rotatable bonds is 7. The van der Waals surface area contributed by atoms with Gasteiger partial charge in [0.25, 0.3) is 0 Å². The second kappa shape index (κ2) is 11.2. The molecule has 9 heteroatoms. The predicted molar refractivity (Wildman–Crippen MR) is 119 cm³/mol. The van der Waals surface area contributed by atoms with Crippen molar-refractivity contribution in [2.45, 2.75) is 32.4 Å². The SMILES string of the molecule is COc1ccc(CCNC(=NCc2nnc(C)n2C)NC2CCOC2)cc1.I. The van der Waals surface area contributed by atoms with Crippen LogP contribution in [-0.2, 0) is 24.8 Å². The summed E-state index contributed by atoms with van der Waals surface area (Å²) in [4.78, 5) is 4.69. The number of halogens is 1. The number of ether oxygens (including phenoxy) is 2. The maximum absolute atomic E-state index is 5.46. The lowest BCUT2D eigenvalue weighted by atomic mass is 10.1. The van der Waals surface area contributed by atoms with Crippen molar-refractivity contribution in [1.29, 1.82) is 0 Å². The Morgan fingerprint density at radius 2 is 2.11 bits per heavy atom. The molecular formula is C19H29IN6O2. The van der Waals surface area contributed by atoms with E-state index in [-0.39, 0.29) is 24.0 Å². The number of nitrogens with zero attached hydrogens (tertiary/aromatic N) is 4. The van der Waals surface area contributed by atoms with Crippen molar-refractivity contribution < 1.29 is 9.47 Å². The average molecular weight is 500 g/mol. The van der Waals surface area contributed by atoms with Gasteiger partial charge < -0.3 is 24.7 Å². The van der Waals surface area contributed by atoms with Crippen LogP contribution in [0, 0.1) is 6.92 Å². The minimum Gasteiger partial charge on any atom is -0.497 e. The highest BCUT2D eigenvalue weighted by atomic mass is 127. The van der Waals surface area contributed by atoms with Gasteiger partial charge in [0.1, 0.15) is 18.1 Å². The molecule has 0 saturated carbocycles. The summed E-state index contributed by atoms with van der Waals surface area (Å²) < 4.78 is 12.6. The molecule has 1 aromatic carbocycles. The first-order valence-corrected chi connectivity index (χ1v) is 9.26. The quantitative estimate of drug-likeness (QED) is 0.343. The molecule has 1 fully saturated rings. The average Bonchev–Trinajstić information content (AvgIpc) is 3.31. The van der Waals surface area contributed by atoms with Crippen LogP contribution in [0.25, 0.3) is 0 Å². The second-order valence-corrected chi connectivity index (χ2v) is 6.62. The van der Waals surface area contributed by atoms with E-state index in [0.717, 1.165) is 49.4 Å². The molecule has 2 heterocycles. The van der Waals surface area contributed by atoms with Gasteiger partial charge >= 0.3 is 0 Å². The largest absolute Gasteiger partial charge is 0.497 e. The van der Waals surface area contributed by atoms with Crippen LogP contribution in [0.2, 0.25) is 0 Å². The van der Waals surface area contributed by atoms with E-state index in [1.807, 2.05) is 30.7 Å². The highest BCUT2D eigenvalue weighted by Gasteiger charge is 2.17. The molecule has 0 amide bonds. The molecule has 1 atom stereocenters. The molecule has 8 nitrogen and oxygen atoms in total. The fourth-order valence-electron chi connectivity index (χ4n) is 2.85. The van der Waals surface area contributed by atoms with Crippen molar-refractivity contribution in [3.05, 3.63) is 41.5 Å². The normalized spacial score (nSPS) is 16.5. The molecule has 28 heavy (non-hydrogen) atoms. The number of benzene rings is 1. The fraction of sp³-hybridized carbons (Fsp3) is 0.526. The van der Waals surface area contributed by atoms with Gasteiger partial charge in [-0.25, -0.2) is 4.99 Å². The van der Waals surface area contributed by atoms with Crippen LogP contribution >= 0.6 is 24.0 Å². The number of guanidine groups is 1. The Labute approximate surface area is 183 Å². The first kappa shape index (κ1) is 22.4. The zero-order valence-electron chi connectivity index (χ0n) is 16.6. The van der Waals surface area contributed by atoms with E-state index < -0.39 is 0 Å². The van der Waals surface area contributed by atoms with Crippen LogP contribution in [0.5, 0.6) is 5.75 Å². The zero-order valence-corrected chi connectivity index (χ0v) is 19.0. The molecule has 0 spiro atoms. The maximum atomic E-state index is 5.46. The van der Waals surface area contributed by atoms with Crippen molar-refractivity contribution in [1.82, 2.24) is 25.4 Å². The van der Waals surface area contributed by atoms with E-state index in [1.165, 1.54) is 5.56 Å². The van der Waals surface area contributed by atoms with Crippen molar-refractivity contribution in [2.24, 2.45) is 12.0 Å². The minimum absolute atomic E-state index is 0. The van der Waals surface area contributed by atoms with Crippen LogP contribution in [0.4, 0.5) is 0 Å². The summed E-state index contributed by atoms with van der Waals surface area (Å²) in [7, 11) is 3.63. The van der Waals surface area contributed by atoms with Gasteiger partial charge in [0.05, 0.1) is 19.8 Å². The Morgan fingerprint density at radius 1 is 1.32 bits per heavy atom. The molecule has 3 rings (SSSR count). The van der Waals surface area contributed by atoms with Crippen LogP contribution < -0.4 is 15.4 Å². The van der Waals surface area contributed by atoms with Crippen LogP contribution in [0.3, 0.4) is 0 Å². The maximum Gasteiger partial charge on any atom is 0.192 e. The van der Waals surface area contributed by atoms with Gasteiger partial charge in [-0.2, -0.15) is 0 Å². The Bertz CT molecular complexity index is 756. The van der Waals surface area contributed by atoms with Gasteiger partial charge in [-0.1, -0.05) is 12.1 Å². The number of hydrogen-bond donors (Lipinski definition) is 2. The number of aryl methyl sites for hydroxylation is 1. The topological polar surface area (TPSA) is 85.6 Å². The molecule has 1 aliphatic heterocycles. The first-order valence-electron chi connectivity index (χ1n) is 9.26. The number of aromatic nitrogens is 3. The number of hydrogen-bond acceptors (Lipinski definition) is 5. The van der Waals surface area contributed by atoms with Crippen LogP contribution in [-0.4, -0.2) is 53.6 Å². The molecule has 0 bridgehead atoms. The number of aliphatic imine (C=N–C) groups is 1. The van der Waals surface area contributed by atoms with Crippen molar-refractivity contribution in [3.63, 3.8) is 0 Å². The first-order chi connectivity index (χ1) is 13.2. The molecule has 1 aromatic heterocycles. The third-order valence-corrected chi connectivity index (χ3v) is 4.70.